The molecule has 0 bridgehead atoms. The summed E-state index contributed by atoms with van der Waals surface area (Å²) in [5.74, 6) is 0.733. The van der Waals surface area contributed by atoms with E-state index in [1.807, 2.05) is 0 Å². The van der Waals surface area contributed by atoms with E-state index in [4.69, 9.17) is 4.74 Å². The number of rotatable bonds is 3. The number of hydrogen-bond donors (Lipinski definition) is 1. The Labute approximate surface area is 141 Å². The number of sulfone groups is 1. The molecule has 0 radical (unpaired) electrons. The number of pyridine rings is 1. The van der Waals surface area contributed by atoms with Crippen molar-refractivity contribution in [3.63, 3.8) is 0 Å². The molecule has 1 heterocycles. The van der Waals surface area contributed by atoms with E-state index in [0.29, 0.717) is 21.5 Å². The van der Waals surface area contributed by atoms with E-state index in [2.05, 4.69) is 20.9 Å². The monoisotopic (exact) mass is 401 g/mol. The third-order valence-electron chi connectivity index (χ3n) is 3.62. The van der Waals surface area contributed by atoms with Crippen LogP contribution in [-0.4, -0.2) is 30.9 Å². The second-order valence-electron chi connectivity index (χ2n) is 5.33. The first-order chi connectivity index (χ1) is 10.8. The molecule has 2 atom stereocenters. The van der Waals surface area contributed by atoms with Crippen LogP contribution in [0.3, 0.4) is 0 Å². The third kappa shape index (κ3) is 3.11. The first-order valence-corrected chi connectivity index (χ1v) is 9.42. The maximum Gasteiger partial charge on any atom is 0.175 e. The van der Waals surface area contributed by atoms with Crippen LogP contribution in [0.5, 0.6) is 11.5 Å². The number of aliphatic hydroxyl groups excluding tert-OH is 1. The lowest BCUT2D eigenvalue weighted by atomic mass is 10.1. The van der Waals surface area contributed by atoms with Crippen molar-refractivity contribution < 1.29 is 22.7 Å². The molecule has 0 amide bonds. The van der Waals surface area contributed by atoms with Crippen molar-refractivity contribution in [2.75, 3.05) is 6.26 Å². The van der Waals surface area contributed by atoms with Gasteiger partial charge in [0.25, 0.3) is 0 Å². The number of fused-ring (bicyclic) bond motifs is 1. The Balaban J connectivity index is 2.11. The summed E-state index contributed by atoms with van der Waals surface area (Å²) in [7, 11) is -3.58. The molecule has 0 saturated heterocycles. The molecule has 1 N–H and O–H groups in total. The molecule has 1 aliphatic carbocycles. The molecule has 1 aromatic carbocycles. The van der Waals surface area contributed by atoms with E-state index in [9.17, 15) is 17.9 Å². The number of aromatic nitrogens is 1. The van der Waals surface area contributed by atoms with Gasteiger partial charge in [-0.15, -0.1) is 0 Å². The van der Waals surface area contributed by atoms with Crippen LogP contribution in [-0.2, 0) is 16.3 Å². The molecule has 1 aromatic heterocycles. The topological polar surface area (TPSA) is 76.5 Å². The smallest absolute Gasteiger partial charge is 0.175 e. The first-order valence-electron chi connectivity index (χ1n) is 6.73. The van der Waals surface area contributed by atoms with Gasteiger partial charge in [-0.25, -0.2) is 12.8 Å². The van der Waals surface area contributed by atoms with Crippen molar-refractivity contribution in [1.82, 2.24) is 4.98 Å². The predicted octanol–water partition coefficient (Wildman–Crippen LogP) is 2.97. The minimum atomic E-state index is -3.58. The van der Waals surface area contributed by atoms with Gasteiger partial charge in [0.1, 0.15) is 23.8 Å². The van der Waals surface area contributed by atoms with E-state index in [1.165, 1.54) is 18.3 Å². The Kier molecular flexibility index (Phi) is 4.16. The molecule has 2 aromatic rings. The zero-order valence-electron chi connectivity index (χ0n) is 12.0. The van der Waals surface area contributed by atoms with Crippen molar-refractivity contribution in [1.29, 1.82) is 0 Å². The Morgan fingerprint density at radius 2 is 2.13 bits per heavy atom. The SMILES string of the molecule is CS(=O)(=O)c1ccc(Oc2cncc(Br)c2)c2c1C(O)C(F)C2. The Bertz CT molecular complexity index is 872. The largest absolute Gasteiger partial charge is 0.455 e. The van der Waals surface area contributed by atoms with Gasteiger partial charge < -0.3 is 9.84 Å². The summed E-state index contributed by atoms with van der Waals surface area (Å²) in [6.45, 7) is 0. The molecule has 0 fully saturated rings. The van der Waals surface area contributed by atoms with Crippen molar-refractivity contribution in [2.24, 2.45) is 0 Å². The lowest BCUT2D eigenvalue weighted by Gasteiger charge is -2.14. The van der Waals surface area contributed by atoms with E-state index >= 15 is 0 Å². The van der Waals surface area contributed by atoms with Crippen LogP contribution in [0.2, 0.25) is 0 Å². The predicted molar refractivity (Wildman–Crippen MR) is 85.1 cm³/mol. The van der Waals surface area contributed by atoms with Gasteiger partial charge in [0, 0.05) is 34.5 Å². The van der Waals surface area contributed by atoms with Gasteiger partial charge in [0.05, 0.1) is 11.1 Å². The zero-order valence-corrected chi connectivity index (χ0v) is 14.4. The summed E-state index contributed by atoms with van der Waals surface area (Å²) in [5, 5.41) is 10.0. The van der Waals surface area contributed by atoms with Crippen LogP contribution in [0.15, 0.2) is 40.0 Å². The highest BCUT2D eigenvalue weighted by Crippen LogP contribution is 2.43. The molecule has 122 valence electrons. The van der Waals surface area contributed by atoms with Crippen LogP contribution in [0.1, 0.15) is 17.2 Å². The van der Waals surface area contributed by atoms with Crippen molar-refractivity contribution in [3.8, 4) is 11.5 Å². The molecule has 0 saturated carbocycles. The highest BCUT2D eigenvalue weighted by Gasteiger charge is 2.37. The number of halogens is 2. The van der Waals surface area contributed by atoms with E-state index in [-0.39, 0.29) is 16.9 Å². The molecular formula is C15H13BrFNO4S. The molecule has 1 aliphatic rings. The van der Waals surface area contributed by atoms with Crippen molar-refractivity contribution in [3.05, 3.63) is 46.2 Å². The fourth-order valence-corrected chi connectivity index (χ4v) is 3.94. The number of alkyl halides is 1. The van der Waals surface area contributed by atoms with Gasteiger partial charge in [-0.2, -0.15) is 0 Å². The number of ether oxygens (including phenoxy) is 1. The van der Waals surface area contributed by atoms with Gasteiger partial charge in [0.2, 0.25) is 0 Å². The van der Waals surface area contributed by atoms with Gasteiger partial charge in [0.15, 0.2) is 9.84 Å². The summed E-state index contributed by atoms with van der Waals surface area (Å²) < 4.78 is 44.1. The third-order valence-corrected chi connectivity index (χ3v) is 5.21. The second-order valence-corrected chi connectivity index (χ2v) is 8.23. The summed E-state index contributed by atoms with van der Waals surface area (Å²) in [4.78, 5) is 3.90. The number of hydrogen-bond acceptors (Lipinski definition) is 5. The van der Waals surface area contributed by atoms with E-state index in [1.54, 1.807) is 12.3 Å². The highest BCUT2D eigenvalue weighted by molar-refractivity contribution is 9.10. The normalized spacial score (nSPS) is 20.3. The van der Waals surface area contributed by atoms with Crippen LogP contribution in [0, 0.1) is 0 Å². The standard InChI is InChI=1S/C15H13BrFNO4S/c1-23(20,21)13-3-2-12(10-5-11(17)15(19)14(10)13)22-9-4-8(16)6-18-7-9/h2-4,6-7,11,15,19H,5H2,1H3. The van der Waals surface area contributed by atoms with Gasteiger partial charge in [-0.3, -0.25) is 4.98 Å². The van der Waals surface area contributed by atoms with Crippen molar-refractivity contribution in [2.45, 2.75) is 23.6 Å². The summed E-state index contributed by atoms with van der Waals surface area (Å²) in [5.41, 5.74) is 0.452. The molecule has 5 nitrogen and oxygen atoms in total. The molecular weight excluding hydrogens is 389 g/mol. The van der Waals surface area contributed by atoms with Gasteiger partial charge in [-0.05, 0) is 34.1 Å². The maximum atomic E-state index is 13.9. The number of nitrogens with zero attached hydrogens (tertiary/aromatic N) is 1. The second kappa shape index (κ2) is 5.85. The molecule has 0 aliphatic heterocycles. The first kappa shape index (κ1) is 16.4. The molecule has 0 spiro atoms. The fourth-order valence-electron chi connectivity index (χ4n) is 2.64. The molecule has 2 unspecified atom stereocenters. The summed E-state index contributed by atoms with van der Waals surface area (Å²) in [6.07, 6.45) is 0.969. The minimum Gasteiger partial charge on any atom is -0.455 e. The zero-order chi connectivity index (χ0) is 16.8. The van der Waals surface area contributed by atoms with Crippen LogP contribution >= 0.6 is 15.9 Å². The Morgan fingerprint density at radius 3 is 2.78 bits per heavy atom. The van der Waals surface area contributed by atoms with Gasteiger partial charge >= 0.3 is 0 Å². The fraction of sp³-hybridized carbons (Fsp3) is 0.267. The Morgan fingerprint density at radius 1 is 1.39 bits per heavy atom. The molecule has 23 heavy (non-hydrogen) atoms. The average molecular weight is 402 g/mol. The molecule has 3 rings (SSSR count). The number of benzene rings is 1. The number of aliphatic hydroxyl groups is 1. The maximum absolute atomic E-state index is 13.9. The van der Waals surface area contributed by atoms with Gasteiger partial charge in [-0.1, -0.05) is 0 Å². The summed E-state index contributed by atoms with van der Waals surface area (Å²) in [6, 6.07) is 4.49. The van der Waals surface area contributed by atoms with Crippen LogP contribution in [0.4, 0.5) is 4.39 Å². The van der Waals surface area contributed by atoms with E-state index in [0.717, 1.165) is 6.26 Å². The molecule has 8 heteroatoms. The average Bonchev–Trinajstić information content (AvgIpc) is 2.75. The highest BCUT2D eigenvalue weighted by atomic mass is 79.9. The summed E-state index contributed by atoms with van der Waals surface area (Å²) >= 11 is 3.27. The minimum absolute atomic E-state index is 0.0696. The van der Waals surface area contributed by atoms with Crippen LogP contribution in [0.25, 0.3) is 0 Å². The lowest BCUT2D eigenvalue weighted by Crippen LogP contribution is -2.10. The lowest BCUT2D eigenvalue weighted by molar-refractivity contribution is 0.0907. The van der Waals surface area contributed by atoms with Crippen LogP contribution < -0.4 is 4.74 Å². The van der Waals surface area contributed by atoms with Crippen molar-refractivity contribution >= 4 is 25.8 Å². The van der Waals surface area contributed by atoms with E-state index < -0.39 is 22.1 Å². The quantitative estimate of drug-likeness (QED) is 0.855. The Hall–Kier alpha value is -1.51.